The van der Waals surface area contributed by atoms with E-state index >= 15 is 0 Å². The van der Waals surface area contributed by atoms with E-state index in [4.69, 9.17) is 28.9 Å². The van der Waals surface area contributed by atoms with Crippen molar-refractivity contribution < 1.29 is 0 Å². The lowest BCUT2D eigenvalue weighted by molar-refractivity contribution is 1.41. The Balaban J connectivity index is 0.00000112. The van der Waals surface area contributed by atoms with Crippen LogP contribution in [0.2, 0.25) is 10.0 Å². The summed E-state index contributed by atoms with van der Waals surface area (Å²) < 4.78 is 0. The second-order valence-electron chi connectivity index (χ2n) is 2.70. The topological polar surface area (TPSA) is 38.9 Å². The highest BCUT2D eigenvalue weighted by molar-refractivity contribution is 8.93. The van der Waals surface area contributed by atoms with Gasteiger partial charge in [-0.1, -0.05) is 23.2 Å². The van der Waals surface area contributed by atoms with Crippen LogP contribution >= 0.6 is 51.5 Å². The van der Waals surface area contributed by atoms with Crippen molar-refractivity contribution in [3.63, 3.8) is 0 Å². The summed E-state index contributed by atoms with van der Waals surface area (Å²) in [5.41, 5.74) is 7.17. The Morgan fingerprint density at radius 3 is 2.53 bits per heavy atom. The number of aromatic nitrogens is 1. The molecule has 1 heterocycles. The van der Waals surface area contributed by atoms with Crippen LogP contribution in [-0.2, 0) is 0 Å². The molecule has 2 aromatic rings. The predicted molar refractivity (Wildman–Crippen MR) is 72.3 cm³/mol. The molecule has 0 radical (unpaired) electrons. The first-order valence-electron chi connectivity index (χ1n) is 3.83. The van der Waals surface area contributed by atoms with Crippen LogP contribution in [-0.4, -0.2) is 4.98 Å². The van der Waals surface area contributed by atoms with E-state index < -0.39 is 0 Å². The largest absolute Gasteiger partial charge is 0.375 e. The molecule has 1 aromatic carbocycles. The molecule has 1 aromatic heterocycles. The quantitative estimate of drug-likeness (QED) is 0.850. The molecule has 0 unspecified atom stereocenters. The van der Waals surface area contributed by atoms with Gasteiger partial charge in [0.05, 0.1) is 10.7 Å². The van der Waals surface area contributed by atoms with Gasteiger partial charge >= 0.3 is 0 Å². The molecule has 0 saturated heterocycles. The van der Waals surface area contributed by atoms with Gasteiger partial charge in [0.25, 0.3) is 0 Å². The minimum Gasteiger partial charge on any atom is -0.375 e. The van der Waals surface area contributed by atoms with E-state index in [1.807, 2.05) is 11.4 Å². The van der Waals surface area contributed by atoms with Crippen LogP contribution < -0.4 is 5.73 Å². The fraction of sp³-hybridized carbons (Fsp3) is 0. The molecule has 6 heteroatoms. The number of halogens is 3. The number of rotatable bonds is 1. The molecule has 2 N–H and O–H groups in total. The normalized spacial score (nSPS) is 9.73. The van der Waals surface area contributed by atoms with Crippen LogP contribution in [0.3, 0.4) is 0 Å². The fourth-order valence-corrected chi connectivity index (χ4v) is 2.18. The highest BCUT2D eigenvalue weighted by Gasteiger charge is 2.06. The maximum atomic E-state index is 6.01. The number of thiazole rings is 1. The smallest absolute Gasteiger partial charge is 0.180 e. The highest BCUT2D eigenvalue weighted by atomic mass is 79.9. The van der Waals surface area contributed by atoms with Gasteiger partial charge in [0.1, 0.15) is 0 Å². The van der Waals surface area contributed by atoms with Crippen LogP contribution in [0.4, 0.5) is 5.13 Å². The number of nitrogens with two attached hydrogens (primary N) is 1. The molecule has 2 rings (SSSR count). The lowest BCUT2D eigenvalue weighted by atomic mass is 10.2. The number of nitrogens with zero attached hydrogens (tertiary/aromatic N) is 1. The van der Waals surface area contributed by atoms with E-state index in [2.05, 4.69) is 4.98 Å². The molecule has 0 aliphatic rings. The van der Waals surface area contributed by atoms with Crippen LogP contribution in [0, 0.1) is 0 Å². The Morgan fingerprint density at radius 2 is 2.00 bits per heavy atom. The minimum absolute atomic E-state index is 0. The molecule has 15 heavy (non-hydrogen) atoms. The number of nitrogen functional groups attached to an aromatic ring is 1. The second kappa shape index (κ2) is 5.16. The summed E-state index contributed by atoms with van der Waals surface area (Å²) in [4.78, 5) is 4.14. The first-order valence-corrected chi connectivity index (χ1v) is 5.47. The standard InChI is InChI=1S/C9H6Cl2N2S.BrH/c10-5-1-2-6(7(11)3-5)8-4-14-9(12)13-8;/h1-4H,(H2,12,13);1H. The Hall–Kier alpha value is -0.290. The van der Waals surface area contributed by atoms with Crippen LogP contribution in [0.15, 0.2) is 23.6 Å². The molecule has 0 saturated carbocycles. The van der Waals surface area contributed by atoms with Gasteiger partial charge < -0.3 is 5.73 Å². The average Bonchev–Trinajstić information content (AvgIpc) is 2.51. The monoisotopic (exact) mass is 324 g/mol. The molecule has 0 aliphatic carbocycles. The summed E-state index contributed by atoms with van der Waals surface area (Å²) in [6, 6.07) is 5.30. The zero-order chi connectivity index (χ0) is 10.1. The van der Waals surface area contributed by atoms with Crippen LogP contribution in [0.1, 0.15) is 0 Å². The summed E-state index contributed by atoms with van der Waals surface area (Å²) in [5, 5.41) is 3.60. The zero-order valence-electron chi connectivity index (χ0n) is 7.41. The molecule has 0 amide bonds. The first-order chi connectivity index (χ1) is 6.66. The summed E-state index contributed by atoms with van der Waals surface area (Å²) in [7, 11) is 0. The maximum Gasteiger partial charge on any atom is 0.180 e. The molecule has 0 bridgehead atoms. The van der Waals surface area contributed by atoms with Gasteiger partial charge in [-0.15, -0.1) is 28.3 Å². The van der Waals surface area contributed by atoms with Crippen molar-refractivity contribution in [2.75, 3.05) is 5.73 Å². The molecule has 0 fully saturated rings. The number of hydrogen-bond acceptors (Lipinski definition) is 3. The van der Waals surface area contributed by atoms with Crippen molar-refractivity contribution in [2.24, 2.45) is 0 Å². The molecule has 0 spiro atoms. The zero-order valence-corrected chi connectivity index (χ0v) is 11.4. The third kappa shape index (κ3) is 2.84. The summed E-state index contributed by atoms with van der Waals surface area (Å²) in [6.07, 6.45) is 0. The fourth-order valence-electron chi connectivity index (χ4n) is 1.11. The van der Waals surface area contributed by atoms with Crippen molar-refractivity contribution in [3.8, 4) is 11.3 Å². The van der Waals surface area contributed by atoms with E-state index in [9.17, 15) is 0 Å². The number of hydrogen-bond donors (Lipinski definition) is 1. The molecular weight excluding hydrogens is 319 g/mol. The molecule has 2 nitrogen and oxygen atoms in total. The average molecular weight is 326 g/mol. The van der Waals surface area contributed by atoms with E-state index in [-0.39, 0.29) is 17.0 Å². The lowest BCUT2D eigenvalue weighted by Gasteiger charge is -2.00. The Kier molecular flexibility index (Phi) is 4.40. The Morgan fingerprint density at radius 1 is 1.27 bits per heavy atom. The molecule has 80 valence electrons. The van der Waals surface area contributed by atoms with Crippen LogP contribution in [0.25, 0.3) is 11.3 Å². The van der Waals surface area contributed by atoms with Crippen LogP contribution in [0.5, 0.6) is 0 Å². The first kappa shape index (κ1) is 12.8. The Labute approximate surface area is 112 Å². The third-order valence-corrected chi connectivity index (χ3v) is 2.95. The number of anilines is 1. The van der Waals surface area contributed by atoms with E-state index in [1.54, 1.807) is 12.1 Å². The van der Waals surface area contributed by atoms with Gasteiger partial charge in [-0.25, -0.2) is 4.98 Å². The molecule has 0 atom stereocenters. The van der Waals surface area contributed by atoms with Gasteiger partial charge in [-0.2, -0.15) is 0 Å². The van der Waals surface area contributed by atoms with Crippen molar-refractivity contribution in [3.05, 3.63) is 33.6 Å². The molecule has 0 aliphatic heterocycles. The van der Waals surface area contributed by atoms with E-state index in [0.717, 1.165) is 11.3 Å². The predicted octanol–water partition coefficient (Wildman–Crippen LogP) is 4.28. The SMILES string of the molecule is Br.Nc1nc(-c2ccc(Cl)cc2Cl)cs1. The van der Waals surface area contributed by atoms with Gasteiger partial charge in [-0.3, -0.25) is 0 Å². The highest BCUT2D eigenvalue weighted by Crippen LogP contribution is 2.31. The summed E-state index contributed by atoms with van der Waals surface area (Å²) in [6.45, 7) is 0. The van der Waals surface area contributed by atoms with Crippen molar-refractivity contribution in [1.29, 1.82) is 0 Å². The minimum atomic E-state index is 0. The number of benzene rings is 1. The summed E-state index contributed by atoms with van der Waals surface area (Å²) in [5.74, 6) is 0. The second-order valence-corrected chi connectivity index (χ2v) is 4.43. The van der Waals surface area contributed by atoms with Gasteiger partial charge in [0.2, 0.25) is 0 Å². The van der Waals surface area contributed by atoms with Crippen molar-refractivity contribution in [2.45, 2.75) is 0 Å². The van der Waals surface area contributed by atoms with Gasteiger partial charge in [-0.05, 0) is 18.2 Å². The van der Waals surface area contributed by atoms with E-state index in [1.165, 1.54) is 11.3 Å². The third-order valence-electron chi connectivity index (χ3n) is 1.73. The lowest BCUT2D eigenvalue weighted by Crippen LogP contribution is -1.83. The molecular formula is C9H7BrCl2N2S. The van der Waals surface area contributed by atoms with Gasteiger partial charge in [0, 0.05) is 16.0 Å². The van der Waals surface area contributed by atoms with Crippen molar-refractivity contribution in [1.82, 2.24) is 4.98 Å². The Bertz CT molecular complexity index is 473. The van der Waals surface area contributed by atoms with Crippen molar-refractivity contribution >= 4 is 56.7 Å². The van der Waals surface area contributed by atoms with E-state index in [0.29, 0.717) is 15.2 Å². The van der Waals surface area contributed by atoms with Gasteiger partial charge in [0.15, 0.2) is 5.13 Å². The maximum absolute atomic E-state index is 6.01. The summed E-state index contributed by atoms with van der Waals surface area (Å²) >= 11 is 13.2.